The maximum absolute atomic E-state index is 6.51. The molecule has 3 nitrogen and oxygen atoms in total. The average molecular weight is 411 g/mol. The minimum absolute atomic E-state index is 0.0869. The highest BCUT2D eigenvalue weighted by Crippen LogP contribution is 2.50. The molecule has 3 aliphatic rings. The van der Waals surface area contributed by atoms with Crippen molar-refractivity contribution in [3.63, 3.8) is 0 Å². The van der Waals surface area contributed by atoms with E-state index in [1.165, 1.54) is 41.5 Å². The van der Waals surface area contributed by atoms with E-state index in [2.05, 4.69) is 86.7 Å². The number of hydrogen-bond acceptors (Lipinski definition) is 3. The van der Waals surface area contributed by atoms with Gasteiger partial charge >= 0.3 is 7.12 Å². The second kappa shape index (κ2) is 6.75. The van der Waals surface area contributed by atoms with E-state index in [9.17, 15) is 0 Å². The molecule has 166 valence electrons. The first-order chi connectivity index (χ1) is 13.6. The SMILES string of the molecule is CC(C)(C)c1cc(B2OC(C)(C)C(C)(C)O2)c2c(c1)C1CC(C(C)(C)C)CCC1N2. The Labute approximate surface area is 184 Å². The Bertz CT molecular complexity index is 815. The van der Waals surface area contributed by atoms with Crippen LogP contribution in [0.3, 0.4) is 0 Å². The lowest BCUT2D eigenvalue weighted by Crippen LogP contribution is -2.41. The lowest BCUT2D eigenvalue weighted by atomic mass is 9.66. The standard InChI is InChI=1S/C26H42BNO2/c1-23(2,3)16-11-12-21-18(13-16)19-14-17(24(4,5)6)15-20(22(19)28-21)27-29-25(7,8)26(9,10)30-27/h14-16,18,21,28H,11-13H2,1-10H3. The van der Waals surface area contributed by atoms with Gasteiger partial charge in [0.05, 0.1) is 11.2 Å². The molecule has 2 heterocycles. The zero-order valence-corrected chi connectivity index (χ0v) is 20.9. The smallest absolute Gasteiger partial charge is 0.399 e. The monoisotopic (exact) mass is 411 g/mol. The molecule has 1 saturated heterocycles. The van der Waals surface area contributed by atoms with Gasteiger partial charge < -0.3 is 14.6 Å². The largest absolute Gasteiger partial charge is 0.496 e. The first-order valence-corrected chi connectivity index (χ1v) is 11.9. The molecule has 0 aromatic heterocycles. The summed E-state index contributed by atoms with van der Waals surface area (Å²) in [7, 11) is -0.322. The van der Waals surface area contributed by atoms with Crippen LogP contribution in [0.5, 0.6) is 0 Å². The van der Waals surface area contributed by atoms with Crippen molar-refractivity contribution in [2.75, 3.05) is 5.32 Å². The summed E-state index contributed by atoms with van der Waals surface area (Å²) in [5, 5.41) is 3.93. The Kier molecular flexibility index (Phi) is 5.00. The van der Waals surface area contributed by atoms with Gasteiger partial charge in [-0.2, -0.15) is 0 Å². The normalized spacial score (nSPS) is 30.1. The Morgan fingerprint density at radius 2 is 1.53 bits per heavy atom. The third-order valence-electron chi connectivity index (χ3n) is 8.38. The minimum Gasteiger partial charge on any atom is -0.399 e. The lowest BCUT2D eigenvalue weighted by molar-refractivity contribution is 0.00578. The van der Waals surface area contributed by atoms with E-state index in [1.807, 2.05) is 0 Å². The van der Waals surface area contributed by atoms with Crippen LogP contribution < -0.4 is 10.8 Å². The fourth-order valence-corrected chi connectivity index (χ4v) is 5.39. The van der Waals surface area contributed by atoms with Crippen LogP contribution in [0.1, 0.15) is 106 Å². The molecule has 0 amide bonds. The van der Waals surface area contributed by atoms with Crippen LogP contribution in [-0.2, 0) is 14.7 Å². The molecule has 0 radical (unpaired) electrons. The van der Waals surface area contributed by atoms with E-state index in [1.54, 1.807) is 0 Å². The molecule has 3 unspecified atom stereocenters. The molecule has 4 heteroatoms. The van der Waals surface area contributed by atoms with Gasteiger partial charge in [0.25, 0.3) is 0 Å². The van der Waals surface area contributed by atoms with Crippen molar-refractivity contribution in [2.45, 2.75) is 117 Å². The van der Waals surface area contributed by atoms with Crippen LogP contribution in [0.15, 0.2) is 12.1 Å². The van der Waals surface area contributed by atoms with Gasteiger partial charge in [-0.3, -0.25) is 0 Å². The average Bonchev–Trinajstić information content (AvgIpc) is 3.05. The van der Waals surface area contributed by atoms with E-state index >= 15 is 0 Å². The predicted molar refractivity (Wildman–Crippen MR) is 128 cm³/mol. The summed E-state index contributed by atoms with van der Waals surface area (Å²) in [4.78, 5) is 0. The van der Waals surface area contributed by atoms with Crippen molar-refractivity contribution < 1.29 is 9.31 Å². The molecule has 1 aliphatic carbocycles. The molecule has 4 rings (SSSR count). The van der Waals surface area contributed by atoms with Gasteiger partial charge in [-0.1, -0.05) is 53.7 Å². The molecule has 3 atom stereocenters. The van der Waals surface area contributed by atoms with Crippen molar-refractivity contribution in [1.29, 1.82) is 0 Å². The van der Waals surface area contributed by atoms with E-state index in [0.29, 0.717) is 17.4 Å². The first kappa shape index (κ1) is 22.2. The number of fused-ring (bicyclic) bond motifs is 3. The fourth-order valence-electron chi connectivity index (χ4n) is 5.39. The highest BCUT2D eigenvalue weighted by atomic mass is 16.7. The van der Waals surface area contributed by atoms with E-state index in [4.69, 9.17) is 9.31 Å². The molecule has 0 bridgehead atoms. The van der Waals surface area contributed by atoms with Crippen LogP contribution in [0.2, 0.25) is 0 Å². The molecule has 1 N–H and O–H groups in total. The van der Waals surface area contributed by atoms with Gasteiger partial charge in [-0.15, -0.1) is 0 Å². The quantitative estimate of drug-likeness (QED) is 0.575. The van der Waals surface area contributed by atoms with Gasteiger partial charge in [0.15, 0.2) is 0 Å². The van der Waals surface area contributed by atoms with E-state index in [0.717, 1.165) is 5.92 Å². The number of nitrogens with one attached hydrogen (secondary N) is 1. The maximum atomic E-state index is 6.51. The van der Waals surface area contributed by atoms with Gasteiger partial charge in [-0.25, -0.2) is 0 Å². The predicted octanol–water partition coefficient (Wildman–Crippen LogP) is 6.01. The molecule has 2 aliphatic heterocycles. The molecule has 2 fully saturated rings. The zero-order chi connectivity index (χ0) is 22.3. The zero-order valence-electron chi connectivity index (χ0n) is 20.9. The van der Waals surface area contributed by atoms with E-state index < -0.39 is 0 Å². The summed E-state index contributed by atoms with van der Waals surface area (Å²) in [6.07, 6.45) is 3.82. The summed E-state index contributed by atoms with van der Waals surface area (Å²) in [6.45, 7) is 22.7. The van der Waals surface area contributed by atoms with Crippen LogP contribution >= 0.6 is 0 Å². The van der Waals surface area contributed by atoms with E-state index in [-0.39, 0.29) is 23.7 Å². The van der Waals surface area contributed by atoms with Gasteiger partial charge in [0.2, 0.25) is 0 Å². The summed E-state index contributed by atoms with van der Waals surface area (Å²) >= 11 is 0. The van der Waals surface area contributed by atoms with Crippen LogP contribution in [0.25, 0.3) is 0 Å². The summed E-state index contributed by atoms with van der Waals surface area (Å²) in [6, 6.07) is 5.36. The summed E-state index contributed by atoms with van der Waals surface area (Å²) in [5.41, 5.74) is 5.14. The fraction of sp³-hybridized carbons (Fsp3) is 0.769. The number of hydrogen-bond donors (Lipinski definition) is 1. The Hall–Kier alpha value is -0.995. The molecule has 1 aromatic rings. The highest BCUT2D eigenvalue weighted by Gasteiger charge is 2.53. The highest BCUT2D eigenvalue weighted by molar-refractivity contribution is 6.64. The van der Waals surface area contributed by atoms with Gasteiger partial charge in [-0.05, 0) is 74.8 Å². The molecular formula is C26H42BNO2. The van der Waals surface area contributed by atoms with Gasteiger partial charge in [0.1, 0.15) is 0 Å². The Balaban J connectivity index is 1.78. The minimum atomic E-state index is -0.328. The molecular weight excluding hydrogens is 369 g/mol. The lowest BCUT2D eigenvalue weighted by Gasteiger charge is -2.39. The van der Waals surface area contributed by atoms with Crippen LogP contribution in [0.4, 0.5) is 5.69 Å². The van der Waals surface area contributed by atoms with Crippen molar-refractivity contribution in [3.05, 3.63) is 23.3 Å². The van der Waals surface area contributed by atoms with Crippen molar-refractivity contribution in [2.24, 2.45) is 11.3 Å². The van der Waals surface area contributed by atoms with Crippen LogP contribution in [0, 0.1) is 11.3 Å². The third kappa shape index (κ3) is 3.62. The molecule has 30 heavy (non-hydrogen) atoms. The number of benzene rings is 1. The topological polar surface area (TPSA) is 30.5 Å². The summed E-state index contributed by atoms with van der Waals surface area (Å²) in [5.74, 6) is 1.35. The van der Waals surface area contributed by atoms with Crippen molar-refractivity contribution >= 4 is 18.3 Å². The Morgan fingerprint density at radius 1 is 0.933 bits per heavy atom. The Morgan fingerprint density at radius 3 is 2.07 bits per heavy atom. The van der Waals surface area contributed by atoms with Crippen molar-refractivity contribution in [3.8, 4) is 0 Å². The second-order valence-corrected chi connectivity index (χ2v) is 13.1. The van der Waals surface area contributed by atoms with Crippen LogP contribution in [-0.4, -0.2) is 24.4 Å². The van der Waals surface area contributed by atoms with Crippen molar-refractivity contribution in [1.82, 2.24) is 0 Å². The molecule has 1 aromatic carbocycles. The van der Waals surface area contributed by atoms with Gasteiger partial charge in [0, 0.05) is 23.1 Å². The third-order valence-corrected chi connectivity index (χ3v) is 8.38. The first-order valence-electron chi connectivity index (χ1n) is 11.9. The summed E-state index contributed by atoms with van der Waals surface area (Å²) < 4.78 is 13.0. The second-order valence-electron chi connectivity index (χ2n) is 13.1. The maximum Gasteiger partial charge on any atom is 0.496 e. The molecule has 1 saturated carbocycles. The number of rotatable bonds is 1. The molecule has 0 spiro atoms. The number of anilines is 1.